The number of aryl methyl sites for hydroxylation is 1. The van der Waals surface area contributed by atoms with Crippen molar-refractivity contribution in [3.63, 3.8) is 0 Å². The molecular formula is C33H41N7O2. The summed E-state index contributed by atoms with van der Waals surface area (Å²) in [5.41, 5.74) is 11.0. The second kappa shape index (κ2) is 12.5. The van der Waals surface area contributed by atoms with Crippen molar-refractivity contribution in [2.24, 2.45) is 0 Å². The molecule has 9 heteroatoms. The molecule has 2 aromatic carbocycles. The molecule has 4 aromatic rings. The molecule has 1 saturated carbocycles. The molecule has 220 valence electrons. The van der Waals surface area contributed by atoms with Crippen LogP contribution in [0.2, 0.25) is 0 Å². The Balaban J connectivity index is 1.21. The number of nitrogens with one attached hydrogen (secondary N) is 1. The number of aromatic nitrogens is 3. The molecule has 0 unspecified atom stereocenters. The molecule has 0 atom stereocenters. The summed E-state index contributed by atoms with van der Waals surface area (Å²) in [7, 11) is 3.83. The van der Waals surface area contributed by atoms with Gasteiger partial charge in [-0.3, -0.25) is 9.69 Å². The zero-order valence-corrected chi connectivity index (χ0v) is 24.6. The summed E-state index contributed by atoms with van der Waals surface area (Å²) >= 11 is 0. The number of benzene rings is 2. The number of carbonyl (C=O) groups is 1. The van der Waals surface area contributed by atoms with Crippen LogP contribution in [-0.2, 0) is 11.2 Å². The molecule has 2 aliphatic rings. The van der Waals surface area contributed by atoms with E-state index in [1.54, 1.807) is 13.4 Å². The van der Waals surface area contributed by atoms with E-state index in [4.69, 9.17) is 15.5 Å². The van der Waals surface area contributed by atoms with Gasteiger partial charge in [0.05, 0.1) is 18.2 Å². The summed E-state index contributed by atoms with van der Waals surface area (Å²) in [6.07, 6.45) is 9.43. The van der Waals surface area contributed by atoms with Gasteiger partial charge in [0.15, 0.2) is 0 Å². The third-order valence-corrected chi connectivity index (χ3v) is 9.02. The normalized spacial score (nSPS) is 20.0. The number of fused-ring (bicyclic) bond motifs is 1. The minimum atomic E-state index is -0.0497. The van der Waals surface area contributed by atoms with E-state index >= 15 is 0 Å². The van der Waals surface area contributed by atoms with E-state index in [1.165, 1.54) is 12.8 Å². The highest BCUT2D eigenvalue weighted by molar-refractivity contribution is 6.01. The van der Waals surface area contributed by atoms with Gasteiger partial charge in [-0.25, -0.2) is 9.97 Å². The summed E-state index contributed by atoms with van der Waals surface area (Å²) in [5, 5.41) is 3.89. The highest BCUT2D eigenvalue weighted by Gasteiger charge is 2.30. The molecule has 3 heterocycles. The topological polar surface area (TPSA) is 102 Å². The highest BCUT2D eigenvalue weighted by atomic mass is 16.5. The number of ether oxygens (including phenoxy) is 1. The fraction of sp³-hybridized carbons (Fsp3) is 0.424. The molecule has 42 heavy (non-hydrogen) atoms. The fourth-order valence-electron chi connectivity index (χ4n) is 6.57. The van der Waals surface area contributed by atoms with Gasteiger partial charge in [-0.2, -0.15) is 0 Å². The molecule has 1 amide bonds. The fourth-order valence-corrected chi connectivity index (χ4v) is 6.57. The van der Waals surface area contributed by atoms with Crippen molar-refractivity contribution in [2.75, 3.05) is 51.4 Å². The Labute approximate surface area is 247 Å². The van der Waals surface area contributed by atoms with E-state index in [1.807, 2.05) is 48.5 Å². The predicted octanol–water partition coefficient (Wildman–Crippen LogP) is 4.99. The van der Waals surface area contributed by atoms with E-state index in [2.05, 4.69) is 37.9 Å². The minimum absolute atomic E-state index is 0.0497. The van der Waals surface area contributed by atoms with Gasteiger partial charge in [-0.05, 0) is 62.4 Å². The van der Waals surface area contributed by atoms with Gasteiger partial charge in [0.1, 0.15) is 23.5 Å². The van der Waals surface area contributed by atoms with Gasteiger partial charge in [-0.1, -0.05) is 36.4 Å². The first-order chi connectivity index (χ1) is 20.5. The van der Waals surface area contributed by atoms with Crippen molar-refractivity contribution in [3.8, 4) is 16.9 Å². The summed E-state index contributed by atoms with van der Waals surface area (Å²) < 4.78 is 8.04. The number of amides is 1. The first-order valence-electron chi connectivity index (χ1n) is 15.1. The lowest BCUT2D eigenvalue weighted by molar-refractivity contribution is -0.116. The molecule has 3 N–H and O–H groups in total. The quantitative estimate of drug-likeness (QED) is 0.309. The SMILES string of the molecule is COc1cc(-c2cn([C@H]3CC[C@H](N4CCN(C)CC4)CC3)c3ncnc(N)c23)ccc1NC(=O)CCc1ccccc1. The Kier molecular flexibility index (Phi) is 8.39. The maximum Gasteiger partial charge on any atom is 0.224 e. The molecule has 2 fully saturated rings. The van der Waals surface area contributed by atoms with Gasteiger partial charge >= 0.3 is 0 Å². The third-order valence-electron chi connectivity index (χ3n) is 9.02. The maximum atomic E-state index is 12.7. The number of hydrogen-bond donors (Lipinski definition) is 2. The predicted molar refractivity (Wildman–Crippen MR) is 168 cm³/mol. The van der Waals surface area contributed by atoms with E-state index < -0.39 is 0 Å². The van der Waals surface area contributed by atoms with Gasteiger partial charge < -0.3 is 25.3 Å². The molecule has 1 aliphatic carbocycles. The van der Waals surface area contributed by atoms with E-state index in [0.29, 0.717) is 42.2 Å². The molecule has 0 bridgehead atoms. The number of nitrogen functional groups attached to an aromatic ring is 1. The van der Waals surface area contributed by atoms with Crippen LogP contribution >= 0.6 is 0 Å². The van der Waals surface area contributed by atoms with Crippen molar-refractivity contribution in [3.05, 3.63) is 66.6 Å². The minimum Gasteiger partial charge on any atom is -0.495 e. The Morgan fingerprint density at radius 3 is 2.48 bits per heavy atom. The van der Waals surface area contributed by atoms with Crippen molar-refractivity contribution in [1.82, 2.24) is 24.3 Å². The summed E-state index contributed by atoms with van der Waals surface area (Å²) in [4.78, 5) is 26.9. The smallest absolute Gasteiger partial charge is 0.224 e. The monoisotopic (exact) mass is 567 g/mol. The highest BCUT2D eigenvalue weighted by Crippen LogP contribution is 2.40. The number of piperazine rings is 1. The van der Waals surface area contributed by atoms with Crippen molar-refractivity contribution in [2.45, 2.75) is 50.6 Å². The maximum absolute atomic E-state index is 12.7. The number of anilines is 2. The Morgan fingerprint density at radius 2 is 1.74 bits per heavy atom. The first kappa shape index (κ1) is 28.2. The van der Waals surface area contributed by atoms with Crippen LogP contribution in [0.3, 0.4) is 0 Å². The van der Waals surface area contributed by atoms with Crippen LogP contribution in [0.4, 0.5) is 11.5 Å². The molecule has 1 saturated heterocycles. The molecule has 0 radical (unpaired) electrons. The third kappa shape index (κ3) is 5.98. The Hall–Kier alpha value is -3.95. The van der Waals surface area contributed by atoms with Crippen LogP contribution in [0.15, 0.2) is 61.1 Å². The van der Waals surface area contributed by atoms with Crippen molar-refractivity contribution < 1.29 is 9.53 Å². The van der Waals surface area contributed by atoms with Gasteiger partial charge in [-0.15, -0.1) is 0 Å². The standard InChI is InChI=1S/C33H41N7O2/c1-38-16-18-39(19-17-38)25-10-12-26(13-11-25)40-21-27(31-32(34)35-22-36-33(31)40)24-9-14-28(29(20-24)42-2)37-30(41)15-8-23-6-4-3-5-7-23/h3-7,9,14,20-22,25-26H,8,10-13,15-19H2,1-2H3,(H,37,41)(H2,34,35,36)/t25-,26-. The van der Waals surface area contributed by atoms with Gasteiger partial charge in [0.2, 0.25) is 5.91 Å². The van der Waals surface area contributed by atoms with Crippen LogP contribution in [0, 0.1) is 0 Å². The summed E-state index contributed by atoms with van der Waals surface area (Å²) in [6, 6.07) is 16.9. The van der Waals surface area contributed by atoms with Gasteiger partial charge in [0, 0.05) is 56.4 Å². The largest absolute Gasteiger partial charge is 0.495 e. The average molecular weight is 568 g/mol. The zero-order chi connectivity index (χ0) is 29.1. The van der Waals surface area contributed by atoms with Crippen LogP contribution < -0.4 is 15.8 Å². The summed E-state index contributed by atoms with van der Waals surface area (Å²) in [6.45, 7) is 4.64. The molecule has 1 aliphatic heterocycles. The second-order valence-electron chi connectivity index (χ2n) is 11.7. The number of nitrogens with zero attached hydrogens (tertiary/aromatic N) is 5. The van der Waals surface area contributed by atoms with Crippen LogP contribution in [0.1, 0.15) is 43.7 Å². The molecule has 9 nitrogen and oxygen atoms in total. The number of nitrogens with two attached hydrogens (primary N) is 1. The number of hydrogen-bond acceptors (Lipinski definition) is 7. The first-order valence-corrected chi connectivity index (χ1v) is 15.1. The van der Waals surface area contributed by atoms with Crippen molar-refractivity contribution >= 4 is 28.4 Å². The zero-order valence-electron chi connectivity index (χ0n) is 24.6. The molecule has 0 spiro atoms. The van der Waals surface area contributed by atoms with Gasteiger partial charge in [0.25, 0.3) is 0 Å². The average Bonchev–Trinajstić information content (AvgIpc) is 3.42. The number of likely N-dealkylation sites (N-methyl/N-ethyl adjacent to an activating group) is 1. The van der Waals surface area contributed by atoms with E-state index in [0.717, 1.165) is 66.7 Å². The number of methoxy groups -OCH3 is 1. The van der Waals surface area contributed by atoms with Crippen molar-refractivity contribution in [1.29, 1.82) is 0 Å². The second-order valence-corrected chi connectivity index (χ2v) is 11.7. The number of carbonyl (C=O) groups excluding carboxylic acids is 1. The lowest BCUT2D eigenvalue weighted by atomic mass is 9.89. The van der Waals surface area contributed by atoms with Crippen LogP contribution in [0.25, 0.3) is 22.2 Å². The van der Waals surface area contributed by atoms with E-state index in [9.17, 15) is 4.79 Å². The van der Waals surface area contributed by atoms with E-state index in [-0.39, 0.29) is 5.91 Å². The molecule has 6 rings (SSSR count). The summed E-state index contributed by atoms with van der Waals surface area (Å²) in [5.74, 6) is 1.02. The Bertz CT molecular complexity index is 1520. The molecular weight excluding hydrogens is 526 g/mol. The lowest BCUT2D eigenvalue weighted by Gasteiger charge is -2.41. The van der Waals surface area contributed by atoms with Crippen LogP contribution in [-0.4, -0.2) is 76.6 Å². The molecule has 2 aromatic heterocycles. The number of rotatable bonds is 8. The Morgan fingerprint density at radius 1 is 1.00 bits per heavy atom. The lowest BCUT2D eigenvalue weighted by Crippen LogP contribution is -2.49. The van der Waals surface area contributed by atoms with Crippen LogP contribution in [0.5, 0.6) is 5.75 Å².